The second-order valence-corrected chi connectivity index (χ2v) is 6.19. The van der Waals surface area contributed by atoms with Gasteiger partial charge in [0.15, 0.2) is 0 Å². The van der Waals surface area contributed by atoms with Crippen LogP contribution in [0, 0.1) is 13.8 Å². The Morgan fingerprint density at radius 2 is 2.14 bits per heavy atom. The van der Waals surface area contributed by atoms with Gasteiger partial charge in [0.25, 0.3) is 0 Å². The minimum atomic E-state index is 0.486. The number of aryl methyl sites for hydroxylation is 2. The molecule has 0 spiro atoms. The molecule has 1 aliphatic heterocycles. The van der Waals surface area contributed by atoms with Gasteiger partial charge in [0.2, 0.25) is 0 Å². The highest BCUT2D eigenvalue weighted by molar-refractivity contribution is 5.31. The number of nitrogens with zero attached hydrogens (tertiary/aromatic N) is 3. The molecular formula is C18H25N3O. The lowest BCUT2D eigenvalue weighted by molar-refractivity contribution is 0.246. The molecule has 0 radical (unpaired) electrons. The number of hydrogen-bond donors (Lipinski definition) is 0. The molecule has 1 atom stereocenters. The molecule has 0 amide bonds. The summed E-state index contributed by atoms with van der Waals surface area (Å²) in [6, 6.07) is 8.87. The van der Waals surface area contributed by atoms with E-state index in [9.17, 15) is 0 Å². The molecule has 1 aromatic heterocycles. The maximum atomic E-state index is 5.34. The topological polar surface area (TPSA) is 30.3 Å². The second kappa shape index (κ2) is 6.13. The summed E-state index contributed by atoms with van der Waals surface area (Å²) < 4.78 is 7.35. The highest BCUT2D eigenvalue weighted by Crippen LogP contribution is 2.36. The summed E-state index contributed by atoms with van der Waals surface area (Å²) in [6.45, 7) is 6.42. The summed E-state index contributed by atoms with van der Waals surface area (Å²) in [4.78, 5) is 2.58. The van der Waals surface area contributed by atoms with Gasteiger partial charge in [-0.2, -0.15) is 5.10 Å². The number of hydrogen-bond acceptors (Lipinski definition) is 3. The minimum absolute atomic E-state index is 0.486. The molecule has 1 aromatic carbocycles. The number of aromatic nitrogens is 2. The Balaban J connectivity index is 1.84. The Morgan fingerprint density at radius 3 is 2.82 bits per heavy atom. The van der Waals surface area contributed by atoms with E-state index < -0.39 is 0 Å². The van der Waals surface area contributed by atoms with Gasteiger partial charge in [0.1, 0.15) is 5.75 Å². The third-order valence-corrected chi connectivity index (χ3v) is 4.78. The minimum Gasteiger partial charge on any atom is -0.497 e. The van der Waals surface area contributed by atoms with Crippen molar-refractivity contribution in [1.82, 2.24) is 14.7 Å². The molecule has 4 nitrogen and oxygen atoms in total. The Bertz CT molecular complexity index is 662. The summed E-state index contributed by atoms with van der Waals surface area (Å²) in [6.07, 6.45) is 2.47. The van der Waals surface area contributed by atoms with Crippen molar-refractivity contribution >= 4 is 0 Å². The molecule has 1 fully saturated rings. The van der Waals surface area contributed by atoms with Gasteiger partial charge in [-0.05, 0) is 50.9 Å². The lowest BCUT2D eigenvalue weighted by atomic mass is 10.0. The van der Waals surface area contributed by atoms with E-state index in [1.807, 2.05) is 17.8 Å². The first kappa shape index (κ1) is 15.1. The highest BCUT2D eigenvalue weighted by atomic mass is 16.5. The molecule has 4 heteroatoms. The van der Waals surface area contributed by atoms with E-state index in [1.54, 1.807) is 7.11 Å². The van der Waals surface area contributed by atoms with Crippen molar-refractivity contribution in [3.8, 4) is 5.75 Å². The van der Waals surface area contributed by atoms with Crippen LogP contribution in [0.1, 0.15) is 41.4 Å². The largest absolute Gasteiger partial charge is 0.497 e. The zero-order valence-electron chi connectivity index (χ0n) is 14.0. The van der Waals surface area contributed by atoms with Gasteiger partial charge in [-0.3, -0.25) is 9.58 Å². The first-order valence-corrected chi connectivity index (χ1v) is 7.97. The van der Waals surface area contributed by atoms with Gasteiger partial charge in [0.05, 0.1) is 12.8 Å². The summed E-state index contributed by atoms with van der Waals surface area (Å²) in [7, 11) is 3.76. The van der Waals surface area contributed by atoms with Crippen molar-refractivity contribution in [2.45, 2.75) is 39.3 Å². The van der Waals surface area contributed by atoms with Crippen molar-refractivity contribution in [3.63, 3.8) is 0 Å². The van der Waals surface area contributed by atoms with Crippen LogP contribution in [-0.2, 0) is 13.6 Å². The molecule has 2 heterocycles. The first-order valence-electron chi connectivity index (χ1n) is 7.97. The second-order valence-electron chi connectivity index (χ2n) is 6.19. The fourth-order valence-electron chi connectivity index (χ4n) is 3.62. The number of likely N-dealkylation sites (tertiary alicyclic amines) is 1. The molecule has 0 aliphatic carbocycles. The van der Waals surface area contributed by atoms with Gasteiger partial charge < -0.3 is 4.74 Å². The van der Waals surface area contributed by atoms with E-state index in [1.165, 1.54) is 35.4 Å². The molecule has 118 valence electrons. The van der Waals surface area contributed by atoms with Crippen molar-refractivity contribution in [2.75, 3.05) is 13.7 Å². The van der Waals surface area contributed by atoms with E-state index in [2.05, 4.69) is 42.0 Å². The van der Waals surface area contributed by atoms with Crippen molar-refractivity contribution in [3.05, 3.63) is 46.8 Å². The summed E-state index contributed by atoms with van der Waals surface area (Å²) in [5.41, 5.74) is 5.19. The van der Waals surface area contributed by atoms with E-state index >= 15 is 0 Å². The molecule has 0 N–H and O–H groups in total. The lowest BCUT2D eigenvalue weighted by Gasteiger charge is -2.25. The van der Waals surface area contributed by atoms with Crippen LogP contribution in [0.3, 0.4) is 0 Å². The van der Waals surface area contributed by atoms with E-state index in [-0.39, 0.29) is 0 Å². The van der Waals surface area contributed by atoms with E-state index in [4.69, 9.17) is 4.74 Å². The number of methoxy groups -OCH3 is 1. The van der Waals surface area contributed by atoms with Gasteiger partial charge in [-0.25, -0.2) is 0 Å². The Hall–Kier alpha value is -1.81. The average molecular weight is 299 g/mol. The van der Waals surface area contributed by atoms with E-state index in [0.29, 0.717) is 6.04 Å². The molecule has 3 rings (SSSR count). The van der Waals surface area contributed by atoms with Crippen LogP contribution in [0.2, 0.25) is 0 Å². The Labute approximate surface area is 132 Å². The maximum Gasteiger partial charge on any atom is 0.119 e. The number of rotatable bonds is 4. The normalized spacial score (nSPS) is 18.8. The smallest absolute Gasteiger partial charge is 0.119 e. The fourth-order valence-corrected chi connectivity index (χ4v) is 3.62. The molecule has 0 saturated carbocycles. The van der Waals surface area contributed by atoms with Crippen LogP contribution in [0.15, 0.2) is 24.3 Å². The molecule has 0 unspecified atom stereocenters. The molecule has 0 bridgehead atoms. The summed E-state index contributed by atoms with van der Waals surface area (Å²) in [5, 5.41) is 4.59. The van der Waals surface area contributed by atoms with Crippen LogP contribution in [0.25, 0.3) is 0 Å². The van der Waals surface area contributed by atoms with Crippen molar-refractivity contribution < 1.29 is 4.74 Å². The van der Waals surface area contributed by atoms with Crippen molar-refractivity contribution in [1.29, 1.82) is 0 Å². The SMILES string of the molecule is COc1cccc(CN2CCC[C@H]2c2c(C)nn(C)c2C)c1. The molecule has 2 aromatic rings. The maximum absolute atomic E-state index is 5.34. The zero-order chi connectivity index (χ0) is 15.7. The molecular weight excluding hydrogens is 274 g/mol. The quantitative estimate of drug-likeness (QED) is 0.867. The predicted molar refractivity (Wildman–Crippen MR) is 88.1 cm³/mol. The highest BCUT2D eigenvalue weighted by Gasteiger charge is 2.30. The van der Waals surface area contributed by atoms with Crippen LogP contribution in [-0.4, -0.2) is 28.3 Å². The van der Waals surface area contributed by atoms with Crippen LogP contribution in [0.4, 0.5) is 0 Å². The molecule has 22 heavy (non-hydrogen) atoms. The first-order chi connectivity index (χ1) is 10.6. The van der Waals surface area contributed by atoms with Crippen LogP contribution < -0.4 is 4.74 Å². The Kier molecular flexibility index (Phi) is 4.21. The molecule has 1 aliphatic rings. The monoisotopic (exact) mass is 299 g/mol. The van der Waals surface area contributed by atoms with Gasteiger partial charge >= 0.3 is 0 Å². The predicted octanol–water partition coefficient (Wildman–Crippen LogP) is 3.38. The average Bonchev–Trinajstić information content (AvgIpc) is 3.04. The van der Waals surface area contributed by atoms with Crippen molar-refractivity contribution in [2.24, 2.45) is 7.05 Å². The number of ether oxygens (including phenoxy) is 1. The third kappa shape index (κ3) is 2.75. The van der Waals surface area contributed by atoms with Gasteiger partial charge in [0, 0.05) is 30.9 Å². The summed E-state index contributed by atoms with van der Waals surface area (Å²) >= 11 is 0. The zero-order valence-corrected chi connectivity index (χ0v) is 14.0. The van der Waals surface area contributed by atoms with E-state index in [0.717, 1.165) is 18.8 Å². The lowest BCUT2D eigenvalue weighted by Crippen LogP contribution is -2.23. The Morgan fingerprint density at radius 1 is 1.32 bits per heavy atom. The van der Waals surface area contributed by atoms with Crippen LogP contribution in [0.5, 0.6) is 5.75 Å². The van der Waals surface area contributed by atoms with Gasteiger partial charge in [-0.1, -0.05) is 12.1 Å². The third-order valence-electron chi connectivity index (χ3n) is 4.78. The fraction of sp³-hybridized carbons (Fsp3) is 0.500. The molecule has 1 saturated heterocycles. The standard InChI is InChI=1S/C18H25N3O/c1-13-18(14(2)20(3)19-13)17-9-6-10-21(17)12-15-7-5-8-16(11-15)22-4/h5,7-8,11,17H,6,9-10,12H2,1-4H3/t17-/m0/s1. The summed E-state index contributed by atoms with van der Waals surface area (Å²) in [5.74, 6) is 0.932. The number of benzene rings is 1. The van der Waals surface area contributed by atoms with Crippen LogP contribution >= 0.6 is 0 Å². The van der Waals surface area contributed by atoms with Gasteiger partial charge in [-0.15, -0.1) is 0 Å².